The minimum Gasteiger partial charge on any atom is -0.461 e. The highest BCUT2D eigenvalue weighted by Crippen LogP contribution is 2.17. The third-order valence-corrected chi connectivity index (χ3v) is 7.11. The van der Waals surface area contributed by atoms with Gasteiger partial charge in [-0.15, -0.1) is 0 Å². The first-order chi connectivity index (χ1) is 20.9. The summed E-state index contributed by atoms with van der Waals surface area (Å²) in [5.74, 6) is -0.868. The van der Waals surface area contributed by atoms with Crippen molar-refractivity contribution in [2.45, 2.75) is 155 Å². The van der Waals surface area contributed by atoms with Gasteiger partial charge >= 0.3 is 18.0 Å². The Labute approximate surface area is 265 Å². The third-order valence-electron chi connectivity index (χ3n) is 7.11. The Morgan fingerprint density at radius 3 is 1.91 bits per heavy atom. The van der Waals surface area contributed by atoms with Gasteiger partial charge in [0.1, 0.15) is 24.4 Å². The fourth-order valence-corrected chi connectivity index (χ4v) is 4.79. The third kappa shape index (κ3) is 21.6. The maximum absolute atomic E-state index is 13.2. The van der Waals surface area contributed by atoms with Crippen molar-refractivity contribution < 1.29 is 33.4 Å². The highest BCUT2D eigenvalue weighted by Gasteiger charge is 2.28. The number of hydrogen-bond donors (Lipinski definition) is 2. The van der Waals surface area contributed by atoms with Gasteiger partial charge in [0, 0.05) is 6.42 Å². The summed E-state index contributed by atoms with van der Waals surface area (Å²) in [5, 5.41) is 2.57. The first kappa shape index (κ1) is 38.9. The van der Waals surface area contributed by atoms with Crippen LogP contribution >= 0.6 is 0 Å². The maximum atomic E-state index is 13.2. The van der Waals surface area contributed by atoms with Crippen LogP contribution < -0.4 is 11.1 Å². The topological polar surface area (TPSA) is 134 Å². The van der Waals surface area contributed by atoms with Gasteiger partial charge in [0.25, 0.3) is 0 Å². The van der Waals surface area contributed by atoms with E-state index in [9.17, 15) is 19.2 Å². The molecule has 1 aromatic rings. The Bertz CT molecular complexity index is 960. The van der Waals surface area contributed by atoms with Gasteiger partial charge in [-0.25, -0.2) is 9.59 Å². The molecule has 0 bridgehead atoms. The number of esters is 2. The van der Waals surface area contributed by atoms with Crippen LogP contribution in [-0.4, -0.2) is 41.7 Å². The summed E-state index contributed by atoms with van der Waals surface area (Å²) in [6.07, 6.45) is 11.2. The van der Waals surface area contributed by atoms with Crippen molar-refractivity contribution in [2.75, 3.05) is 0 Å². The second-order valence-corrected chi connectivity index (χ2v) is 13.1. The number of carbonyl (C=O) groups excluding carboxylic acids is 4. The van der Waals surface area contributed by atoms with Crippen molar-refractivity contribution in [1.29, 1.82) is 0 Å². The van der Waals surface area contributed by atoms with Crippen molar-refractivity contribution >= 4 is 23.9 Å². The molecule has 0 fully saturated rings. The van der Waals surface area contributed by atoms with Crippen LogP contribution in [0.2, 0.25) is 0 Å². The lowest BCUT2D eigenvalue weighted by molar-refractivity contribution is -0.154. The number of hydrogen-bond acceptors (Lipinski definition) is 7. The molecule has 9 nitrogen and oxygen atoms in total. The van der Waals surface area contributed by atoms with E-state index in [-0.39, 0.29) is 32.3 Å². The second kappa shape index (κ2) is 22.4. The molecule has 0 radical (unpaired) electrons. The van der Waals surface area contributed by atoms with E-state index >= 15 is 0 Å². The van der Waals surface area contributed by atoms with E-state index in [0.29, 0.717) is 6.42 Å². The molecule has 0 unspecified atom stereocenters. The number of carbonyl (C=O) groups is 4. The summed E-state index contributed by atoms with van der Waals surface area (Å²) in [7, 11) is 0. The average molecular weight is 619 g/mol. The Hall–Kier alpha value is -3.10. The number of primary amides is 1. The molecule has 0 saturated heterocycles. The average Bonchev–Trinajstić information content (AvgIpc) is 2.93. The molecule has 0 aromatic heterocycles. The lowest BCUT2D eigenvalue weighted by Gasteiger charge is -2.24. The molecule has 0 saturated carbocycles. The van der Waals surface area contributed by atoms with Gasteiger partial charge in [0.2, 0.25) is 5.91 Å². The summed E-state index contributed by atoms with van der Waals surface area (Å²) in [6.45, 7) is 9.86. The summed E-state index contributed by atoms with van der Waals surface area (Å²) >= 11 is 0. The second-order valence-electron chi connectivity index (χ2n) is 13.1. The van der Waals surface area contributed by atoms with Gasteiger partial charge in [-0.3, -0.25) is 9.59 Å². The van der Waals surface area contributed by atoms with Crippen LogP contribution in [0, 0.1) is 5.92 Å². The zero-order chi connectivity index (χ0) is 32.8. The van der Waals surface area contributed by atoms with Gasteiger partial charge in [-0.2, -0.15) is 0 Å². The molecule has 0 aliphatic carbocycles. The van der Waals surface area contributed by atoms with E-state index < -0.39 is 41.7 Å². The zero-order valence-corrected chi connectivity index (χ0v) is 27.9. The summed E-state index contributed by atoms with van der Waals surface area (Å²) in [4.78, 5) is 49.6. The summed E-state index contributed by atoms with van der Waals surface area (Å²) < 4.78 is 16.3. The van der Waals surface area contributed by atoms with E-state index in [1.165, 1.54) is 44.9 Å². The molecule has 3 N–H and O–H groups in total. The molecule has 2 amide bonds. The number of nitrogens with one attached hydrogen (secondary N) is 1. The summed E-state index contributed by atoms with van der Waals surface area (Å²) in [5.41, 5.74) is 5.56. The van der Waals surface area contributed by atoms with Gasteiger partial charge < -0.3 is 25.3 Å². The normalized spacial score (nSPS) is 12.8. The number of nitrogens with two attached hydrogens (primary N) is 1. The number of alkyl carbamates (subject to hydrolysis) is 1. The monoisotopic (exact) mass is 618 g/mol. The van der Waals surface area contributed by atoms with Crippen molar-refractivity contribution in [1.82, 2.24) is 5.32 Å². The molecule has 0 spiro atoms. The Kier molecular flexibility index (Phi) is 19.8. The fourth-order valence-electron chi connectivity index (χ4n) is 4.79. The van der Waals surface area contributed by atoms with Gasteiger partial charge in [-0.1, -0.05) is 102 Å². The lowest BCUT2D eigenvalue weighted by atomic mass is 10.0. The maximum Gasteiger partial charge on any atom is 0.408 e. The van der Waals surface area contributed by atoms with Crippen LogP contribution in [-0.2, 0) is 35.2 Å². The molecule has 9 heteroatoms. The van der Waals surface area contributed by atoms with Crippen LogP contribution in [0.25, 0.3) is 0 Å². The Morgan fingerprint density at radius 1 is 0.795 bits per heavy atom. The predicted octanol–water partition coefficient (Wildman–Crippen LogP) is 7.53. The van der Waals surface area contributed by atoms with Gasteiger partial charge in [0.15, 0.2) is 0 Å². The number of unbranched alkanes of at least 4 members (excludes halogenated alkanes) is 8. The molecule has 1 rings (SSSR count). The van der Waals surface area contributed by atoms with Crippen LogP contribution in [0.5, 0.6) is 0 Å². The molecule has 1 aromatic carbocycles. The van der Waals surface area contributed by atoms with E-state index in [1.807, 2.05) is 30.3 Å². The highest BCUT2D eigenvalue weighted by molar-refractivity contribution is 5.82. The van der Waals surface area contributed by atoms with Crippen molar-refractivity contribution in [3.63, 3.8) is 0 Å². The standard InChI is InChI=1S/C35H58N2O7/c1-27(2)19-14-11-9-7-6-8-10-12-17-22-29(25-31(36)38)43-33(40)30(37-34(41)44-35(3,4)5)23-18-24-32(39)42-26-28-20-15-13-16-21-28/h13,15-16,20-21,27,29-30H,6-12,14,17-19,22-26H2,1-5H3,(H2,36,38)(H,37,41)/t29-,30-/m0/s1. The smallest absolute Gasteiger partial charge is 0.408 e. The molecule has 0 aliphatic rings. The number of ether oxygens (including phenoxy) is 3. The lowest BCUT2D eigenvalue weighted by Crippen LogP contribution is -2.45. The quantitative estimate of drug-likeness (QED) is 0.0735. The van der Waals surface area contributed by atoms with Crippen molar-refractivity contribution in [3.8, 4) is 0 Å². The Balaban J connectivity index is 2.56. The largest absolute Gasteiger partial charge is 0.461 e. The number of benzene rings is 1. The van der Waals surface area contributed by atoms with E-state index in [1.54, 1.807) is 20.8 Å². The minimum absolute atomic E-state index is 0.0648. The van der Waals surface area contributed by atoms with Crippen LogP contribution in [0.4, 0.5) is 4.79 Å². The highest BCUT2D eigenvalue weighted by atomic mass is 16.6. The molecule has 44 heavy (non-hydrogen) atoms. The van der Waals surface area contributed by atoms with Gasteiger partial charge in [0.05, 0.1) is 6.42 Å². The summed E-state index contributed by atoms with van der Waals surface area (Å²) in [6, 6.07) is 8.29. The Morgan fingerprint density at radius 2 is 1.36 bits per heavy atom. The van der Waals surface area contributed by atoms with Crippen molar-refractivity contribution in [3.05, 3.63) is 35.9 Å². The van der Waals surface area contributed by atoms with Crippen LogP contribution in [0.1, 0.15) is 136 Å². The van der Waals surface area contributed by atoms with Crippen molar-refractivity contribution in [2.24, 2.45) is 11.7 Å². The molecule has 0 heterocycles. The molecule has 0 aliphatic heterocycles. The molecule has 250 valence electrons. The van der Waals surface area contributed by atoms with Gasteiger partial charge in [-0.05, 0) is 57.9 Å². The molecule has 2 atom stereocenters. The number of amides is 2. The molecular weight excluding hydrogens is 560 g/mol. The van der Waals surface area contributed by atoms with Crippen LogP contribution in [0.15, 0.2) is 30.3 Å². The zero-order valence-electron chi connectivity index (χ0n) is 27.9. The first-order valence-electron chi connectivity index (χ1n) is 16.5. The van der Waals surface area contributed by atoms with E-state index in [0.717, 1.165) is 30.7 Å². The predicted molar refractivity (Wildman–Crippen MR) is 173 cm³/mol. The SMILES string of the molecule is CC(C)CCCCCCCCCCC[C@@H](CC(N)=O)OC(=O)[C@H](CCCC(=O)OCc1ccccc1)NC(=O)OC(C)(C)C. The minimum atomic E-state index is -1.05. The first-order valence-corrected chi connectivity index (χ1v) is 16.5. The number of rotatable bonds is 23. The van der Waals surface area contributed by atoms with E-state index in [2.05, 4.69) is 19.2 Å². The van der Waals surface area contributed by atoms with Crippen LogP contribution in [0.3, 0.4) is 0 Å². The molecular formula is C35H58N2O7. The van der Waals surface area contributed by atoms with E-state index in [4.69, 9.17) is 19.9 Å². The fraction of sp³-hybridized carbons (Fsp3) is 0.714.